The first kappa shape index (κ1) is 27.0. The summed E-state index contributed by atoms with van der Waals surface area (Å²) in [5.74, 6) is -0.0818. The first-order valence-corrected chi connectivity index (χ1v) is 13.7. The molecule has 1 N–H and O–H groups in total. The molecule has 39 heavy (non-hydrogen) atoms. The number of rotatable bonds is 10. The Morgan fingerprint density at radius 3 is 2.26 bits per heavy atom. The fourth-order valence-electron chi connectivity index (χ4n) is 5.04. The van der Waals surface area contributed by atoms with E-state index < -0.39 is 6.04 Å². The molecule has 1 aromatic heterocycles. The summed E-state index contributed by atoms with van der Waals surface area (Å²) in [4.78, 5) is 30.5. The van der Waals surface area contributed by atoms with Crippen molar-refractivity contribution in [1.29, 1.82) is 0 Å². The second-order valence-corrected chi connectivity index (χ2v) is 10.4. The van der Waals surface area contributed by atoms with Crippen LogP contribution in [0, 0.1) is 13.8 Å². The van der Waals surface area contributed by atoms with E-state index in [9.17, 15) is 9.59 Å². The Balaban J connectivity index is 1.40. The van der Waals surface area contributed by atoms with Gasteiger partial charge in [-0.3, -0.25) is 9.59 Å². The van der Waals surface area contributed by atoms with Crippen LogP contribution in [-0.4, -0.2) is 75.4 Å². The summed E-state index contributed by atoms with van der Waals surface area (Å²) >= 11 is 0. The van der Waals surface area contributed by atoms with Crippen LogP contribution in [0.5, 0.6) is 0 Å². The van der Waals surface area contributed by atoms with Gasteiger partial charge < -0.3 is 19.7 Å². The number of nitrogens with zero attached hydrogens (tertiary/aromatic N) is 5. The molecular weight excluding hydrogens is 496 g/mol. The van der Waals surface area contributed by atoms with Gasteiger partial charge in [-0.05, 0) is 50.3 Å². The lowest BCUT2D eigenvalue weighted by molar-refractivity contribution is -0.143. The molecule has 3 aromatic rings. The normalized spacial score (nSPS) is 19.6. The fraction of sp³-hybridized carbons (Fsp3) is 0.483. The topological polar surface area (TPSA) is 111 Å². The summed E-state index contributed by atoms with van der Waals surface area (Å²) in [5, 5.41) is 15.8. The number of aryl methyl sites for hydroxylation is 2. The van der Waals surface area contributed by atoms with Crippen molar-refractivity contribution in [1.82, 2.24) is 30.4 Å². The number of ether oxygens (including phenoxy) is 2. The Morgan fingerprint density at radius 1 is 0.974 bits per heavy atom. The highest BCUT2D eigenvalue weighted by Crippen LogP contribution is 2.26. The molecule has 2 aromatic carbocycles. The van der Waals surface area contributed by atoms with Gasteiger partial charge in [-0.1, -0.05) is 59.7 Å². The number of tetrazole rings is 1. The summed E-state index contributed by atoms with van der Waals surface area (Å²) in [6, 6.07) is 14.7. The van der Waals surface area contributed by atoms with Gasteiger partial charge in [-0.15, -0.1) is 10.2 Å². The Hall–Kier alpha value is -3.63. The maximum Gasteiger partial charge on any atom is 0.247 e. The number of carbonyl (C=O) groups excluding carboxylic acids is 2. The molecule has 0 radical (unpaired) electrons. The van der Waals surface area contributed by atoms with Gasteiger partial charge in [0.15, 0.2) is 0 Å². The first-order valence-electron chi connectivity index (χ1n) is 13.7. The number of aromatic nitrogens is 4. The summed E-state index contributed by atoms with van der Waals surface area (Å²) < 4.78 is 11.6. The standard InChI is InChI=1S/C29H36N6O4/c1-20-7-11-22(12-8-20)27(29(37)30-17-24-5-3-15-38-24)34(18-25-6-4-16-39-25)26(36)19-35-32-28(31-33-35)23-13-9-21(2)10-14-23/h7-14,24-25,27H,3-6,15-19H2,1-2H3,(H,30,37)/t24-,25+,27-/m1/s1. The lowest BCUT2D eigenvalue weighted by Gasteiger charge is -2.33. The molecule has 3 atom stereocenters. The molecule has 0 spiro atoms. The number of carbonyl (C=O) groups is 2. The van der Waals surface area contributed by atoms with Crippen molar-refractivity contribution < 1.29 is 19.1 Å². The molecule has 0 saturated carbocycles. The highest BCUT2D eigenvalue weighted by atomic mass is 16.5. The van der Waals surface area contributed by atoms with E-state index in [1.807, 2.05) is 62.4 Å². The predicted octanol–water partition coefficient (Wildman–Crippen LogP) is 3.00. The predicted molar refractivity (Wildman–Crippen MR) is 145 cm³/mol. The maximum absolute atomic E-state index is 13.9. The first-order chi connectivity index (χ1) is 19.0. The van der Waals surface area contributed by atoms with Crippen LogP contribution < -0.4 is 5.32 Å². The number of amides is 2. The van der Waals surface area contributed by atoms with Gasteiger partial charge in [0.05, 0.1) is 12.2 Å². The molecule has 2 fully saturated rings. The van der Waals surface area contributed by atoms with E-state index in [0.717, 1.165) is 47.9 Å². The van der Waals surface area contributed by atoms with Crippen molar-refractivity contribution in [3.05, 3.63) is 65.2 Å². The molecular formula is C29H36N6O4. The highest BCUT2D eigenvalue weighted by molar-refractivity contribution is 5.88. The van der Waals surface area contributed by atoms with E-state index in [1.165, 1.54) is 4.80 Å². The molecule has 2 amide bonds. The largest absolute Gasteiger partial charge is 0.376 e. The maximum atomic E-state index is 13.9. The zero-order valence-corrected chi connectivity index (χ0v) is 22.6. The quantitative estimate of drug-likeness (QED) is 0.427. The average molecular weight is 533 g/mol. The van der Waals surface area contributed by atoms with Crippen molar-refractivity contribution in [3.8, 4) is 11.4 Å². The van der Waals surface area contributed by atoms with Crippen LogP contribution in [0.25, 0.3) is 11.4 Å². The van der Waals surface area contributed by atoms with Crippen LogP contribution in [0.2, 0.25) is 0 Å². The summed E-state index contributed by atoms with van der Waals surface area (Å²) in [6.07, 6.45) is 3.52. The second kappa shape index (κ2) is 12.5. The van der Waals surface area contributed by atoms with Crippen molar-refractivity contribution in [2.45, 2.75) is 64.3 Å². The van der Waals surface area contributed by atoms with E-state index in [0.29, 0.717) is 32.1 Å². The highest BCUT2D eigenvalue weighted by Gasteiger charge is 2.35. The Labute approximate surface area is 228 Å². The smallest absolute Gasteiger partial charge is 0.247 e. The van der Waals surface area contributed by atoms with E-state index in [4.69, 9.17) is 9.47 Å². The van der Waals surface area contributed by atoms with Crippen LogP contribution in [0.15, 0.2) is 48.5 Å². The number of nitrogens with one attached hydrogen (secondary N) is 1. The minimum atomic E-state index is -0.830. The molecule has 2 aliphatic rings. The molecule has 3 heterocycles. The zero-order valence-electron chi connectivity index (χ0n) is 22.6. The third kappa shape index (κ3) is 6.88. The van der Waals surface area contributed by atoms with Gasteiger partial charge in [0.25, 0.3) is 0 Å². The lowest BCUT2D eigenvalue weighted by Crippen LogP contribution is -2.48. The molecule has 0 bridgehead atoms. The van der Waals surface area contributed by atoms with Crippen molar-refractivity contribution in [2.24, 2.45) is 0 Å². The Kier molecular flexibility index (Phi) is 8.63. The molecule has 10 nitrogen and oxygen atoms in total. The van der Waals surface area contributed by atoms with Gasteiger partial charge >= 0.3 is 0 Å². The van der Waals surface area contributed by atoms with Crippen LogP contribution in [0.4, 0.5) is 0 Å². The minimum absolute atomic E-state index is 0.00511. The third-order valence-electron chi connectivity index (χ3n) is 7.27. The fourth-order valence-corrected chi connectivity index (χ4v) is 5.04. The van der Waals surface area contributed by atoms with E-state index in [-0.39, 0.29) is 30.6 Å². The molecule has 10 heteroatoms. The van der Waals surface area contributed by atoms with Crippen LogP contribution >= 0.6 is 0 Å². The zero-order chi connectivity index (χ0) is 27.2. The summed E-state index contributed by atoms with van der Waals surface area (Å²) in [5.41, 5.74) is 3.76. The molecule has 206 valence electrons. The monoisotopic (exact) mass is 532 g/mol. The van der Waals surface area contributed by atoms with Crippen molar-refractivity contribution in [2.75, 3.05) is 26.3 Å². The number of benzene rings is 2. The molecule has 2 saturated heterocycles. The van der Waals surface area contributed by atoms with Gasteiger partial charge in [0.1, 0.15) is 12.6 Å². The lowest BCUT2D eigenvalue weighted by atomic mass is 10.0. The van der Waals surface area contributed by atoms with E-state index >= 15 is 0 Å². The van der Waals surface area contributed by atoms with Gasteiger partial charge in [-0.25, -0.2) is 0 Å². The van der Waals surface area contributed by atoms with Crippen LogP contribution in [0.1, 0.15) is 48.4 Å². The summed E-state index contributed by atoms with van der Waals surface area (Å²) in [6.45, 7) is 5.92. The van der Waals surface area contributed by atoms with Crippen LogP contribution in [-0.2, 0) is 25.6 Å². The van der Waals surface area contributed by atoms with Gasteiger partial charge in [0, 0.05) is 31.9 Å². The molecule has 0 aliphatic carbocycles. The molecule has 5 rings (SSSR count). The number of hydrogen-bond acceptors (Lipinski definition) is 7. The molecule has 2 aliphatic heterocycles. The minimum Gasteiger partial charge on any atom is -0.376 e. The Bertz CT molecular complexity index is 1250. The third-order valence-corrected chi connectivity index (χ3v) is 7.27. The Morgan fingerprint density at radius 2 is 1.62 bits per heavy atom. The van der Waals surface area contributed by atoms with Gasteiger partial charge in [-0.2, -0.15) is 4.80 Å². The van der Waals surface area contributed by atoms with Crippen LogP contribution in [0.3, 0.4) is 0 Å². The van der Waals surface area contributed by atoms with Crippen molar-refractivity contribution in [3.63, 3.8) is 0 Å². The summed E-state index contributed by atoms with van der Waals surface area (Å²) in [7, 11) is 0. The van der Waals surface area contributed by atoms with Gasteiger partial charge in [0.2, 0.25) is 17.6 Å². The van der Waals surface area contributed by atoms with E-state index in [1.54, 1.807) is 4.90 Å². The van der Waals surface area contributed by atoms with Crippen molar-refractivity contribution >= 4 is 11.8 Å². The SMILES string of the molecule is Cc1ccc(-c2nnn(CC(=O)N(C[C@@H]3CCCO3)[C@@H](C(=O)NC[C@H]3CCCO3)c3ccc(C)cc3)n2)cc1. The average Bonchev–Trinajstić information content (AvgIpc) is 3.72. The van der Waals surface area contributed by atoms with E-state index in [2.05, 4.69) is 20.7 Å². The number of hydrogen-bond donors (Lipinski definition) is 1. The molecule has 0 unspecified atom stereocenters. The second-order valence-electron chi connectivity index (χ2n) is 10.4.